The SMILES string of the molecule is COc1cc(C=c2sc3nc(-c4cccnc4)nn3c2=O)ccc1OCC(C)C. The van der Waals surface area contributed by atoms with Gasteiger partial charge in [-0.2, -0.15) is 9.50 Å². The highest BCUT2D eigenvalue weighted by atomic mass is 32.1. The number of methoxy groups -OCH3 is 1. The Hall–Kier alpha value is -3.26. The van der Waals surface area contributed by atoms with Gasteiger partial charge in [-0.15, -0.1) is 5.10 Å². The number of nitrogens with zero attached hydrogens (tertiary/aromatic N) is 4. The molecule has 1 aromatic carbocycles. The van der Waals surface area contributed by atoms with Crippen LogP contribution in [0.25, 0.3) is 22.4 Å². The molecule has 0 aliphatic carbocycles. The number of hydrogen-bond acceptors (Lipinski definition) is 7. The molecule has 0 amide bonds. The molecule has 0 unspecified atom stereocenters. The molecule has 0 aliphatic rings. The average Bonchev–Trinajstić information content (AvgIpc) is 3.27. The van der Waals surface area contributed by atoms with Crippen molar-refractivity contribution in [3.63, 3.8) is 0 Å². The van der Waals surface area contributed by atoms with Crippen molar-refractivity contribution in [3.8, 4) is 22.9 Å². The Morgan fingerprint density at radius 1 is 1.24 bits per heavy atom. The predicted molar refractivity (Wildman–Crippen MR) is 112 cm³/mol. The number of benzene rings is 1. The molecule has 148 valence electrons. The van der Waals surface area contributed by atoms with E-state index in [9.17, 15) is 4.79 Å². The summed E-state index contributed by atoms with van der Waals surface area (Å²) < 4.78 is 13.1. The van der Waals surface area contributed by atoms with Gasteiger partial charge >= 0.3 is 0 Å². The Bertz CT molecular complexity index is 1250. The normalized spacial score (nSPS) is 12.1. The standard InChI is InChI=1S/C21H20N4O3S/c1-13(2)12-28-16-7-6-14(9-17(16)27-3)10-18-20(26)25-21(29-18)23-19(24-25)15-5-4-8-22-11-15/h4-11,13H,12H2,1-3H3. The van der Waals surface area contributed by atoms with Crippen LogP contribution in [-0.2, 0) is 0 Å². The van der Waals surface area contributed by atoms with Crippen LogP contribution in [0.5, 0.6) is 11.5 Å². The molecule has 0 spiro atoms. The number of aromatic nitrogens is 4. The zero-order chi connectivity index (χ0) is 20.4. The molecular formula is C21H20N4O3S. The lowest BCUT2D eigenvalue weighted by Crippen LogP contribution is -2.23. The Labute approximate surface area is 171 Å². The summed E-state index contributed by atoms with van der Waals surface area (Å²) in [5.74, 6) is 2.22. The summed E-state index contributed by atoms with van der Waals surface area (Å²) in [6.45, 7) is 4.79. The monoisotopic (exact) mass is 408 g/mol. The van der Waals surface area contributed by atoms with Crippen molar-refractivity contribution in [2.75, 3.05) is 13.7 Å². The van der Waals surface area contributed by atoms with E-state index in [1.165, 1.54) is 15.9 Å². The fourth-order valence-corrected chi connectivity index (χ4v) is 3.66. The first-order chi connectivity index (χ1) is 14.0. The van der Waals surface area contributed by atoms with E-state index < -0.39 is 0 Å². The smallest absolute Gasteiger partial charge is 0.291 e. The molecule has 4 rings (SSSR count). The molecule has 0 saturated heterocycles. The van der Waals surface area contributed by atoms with Crippen molar-refractivity contribution in [2.24, 2.45) is 5.92 Å². The summed E-state index contributed by atoms with van der Waals surface area (Å²) in [5, 5.41) is 4.33. The zero-order valence-corrected chi connectivity index (χ0v) is 17.1. The van der Waals surface area contributed by atoms with E-state index in [1.54, 1.807) is 19.5 Å². The fourth-order valence-electron chi connectivity index (χ4n) is 2.75. The van der Waals surface area contributed by atoms with Crippen molar-refractivity contribution < 1.29 is 9.47 Å². The van der Waals surface area contributed by atoms with Gasteiger partial charge in [0.2, 0.25) is 4.96 Å². The summed E-state index contributed by atoms with van der Waals surface area (Å²) in [4.78, 5) is 21.8. The maximum atomic E-state index is 12.7. The van der Waals surface area contributed by atoms with Crippen molar-refractivity contribution >= 4 is 22.4 Å². The molecule has 0 N–H and O–H groups in total. The van der Waals surface area contributed by atoms with Crippen LogP contribution in [-0.4, -0.2) is 33.3 Å². The summed E-state index contributed by atoms with van der Waals surface area (Å²) in [6.07, 6.45) is 5.16. The van der Waals surface area contributed by atoms with E-state index >= 15 is 0 Å². The summed E-state index contributed by atoms with van der Waals surface area (Å²) in [6, 6.07) is 9.28. The second-order valence-corrected chi connectivity index (χ2v) is 7.91. The first kappa shape index (κ1) is 19.1. The quantitative estimate of drug-likeness (QED) is 0.488. The van der Waals surface area contributed by atoms with Crippen LogP contribution >= 0.6 is 11.3 Å². The van der Waals surface area contributed by atoms with Gasteiger partial charge < -0.3 is 9.47 Å². The molecule has 4 aromatic rings. The summed E-state index contributed by atoms with van der Waals surface area (Å²) >= 11 is 1.29. The van der Waals surface area contributed by atoms with Crippen LogP contribution in [0.1, 0.15) is 19.4 Å². The lowest BCUT2D eigenvalue weighted by atomic mass is 10.2. The molecule has 3 heterocycles. The molecule has 0 bridgehead atoms. The van der Waals surface area contributed by atoms with E-state index in [2.05, 4.69) is 28.9 Å². The van der Waals surface area contributed by atoms with Crippen LogP contribution in [0, 0.1) is 5.92 Å². The molecule has 0 aliphatic heterocycles. The number of hydrogen-bond donors (Lipinski definition) is 0. The summed E-state index contributed by atoms with van der Waals surface area (Å²) in [7, 11) is 1.60. The molecular weight excluding hydrogens is 388 g/mol. The minimum atomic E-state index is -0.202. The van der Waals surface area contributed by atoms with E-state index in [1.807, 2.05) is 36.4 Å². The van der Waals surface area contributed by atoms with Crippen LogP contribution < -0.4 is 19.6 Å². The fraction of sp³-hybridized carbons (Fsp3) is 0.238. The van der Waals surface area contributed by atoms with Crippen molar-refractivity contribution in [3.05, 3.63) is 63.2 Å². The third-order valence-corrected chi connectivity index (χ3v) is 5.12. The highest BCUT2D eigenvalue weighted by Gasteiger charge is 2.12. The summed E-state index contributed by atoms with van der Waals surface area (Å²) in [5.41, 5.74) is 1.41. The molecule has 0 atom stereocenters. The predicted octanol–water partition coefficient (Wildman–Crippen LogP) is 2.80. The molecule has 0 fully saturated rings. The number of ether oxygens (including phenoxy) is 2. The first-order valence-electron chi connectivity index (χ1n) is 9.17. The van der Waals surface area contributed by atoms with Gasteiger partial charge in [0.1, 0.15) is 0 Å². The lowest BCUT2D eigenvalue weighted by molar-refractivity contribution is 0.257. The topological polar surface area (TPSA) is 78.6 Å². The van der Waals surface area contributed by atoms with E-state index in [0.717, 1.165) is 11.1 Å². The maximum Gasteiger partial charge on any atom is 0.291 e. The highest BCUT2D eigenvalue weighted by Crippen LogP contribution is 2.28. The number of thiazole rings is 1. The Morgan fingerprint density at radius 3 is 2.79 bits per heavy atom. The van der Waals surface area contributed by atoms with Gasteiger partial charge in [0, 0.05) is 18.0 Å². The minimum Gasteiger partial charge on any atom is -0.493 e. The van der Waals surface area contributed by atoms with Gasteiger partial charge in [-0.1, -0.05) is 31.3 Å². The number of fused-ring (bicyclic) bond motifs is 1. The Kier molecular flexibility index (Phi) is 5.26. The van der Waals surface area contributed by atoms with Crippen molar-refractivity contribution in [2.45, 2.75) is 13.8 Å². The van der Waals surface area contributed by atoms with Gasteiger partial charge in [0.25, 0.3) is 5.56 Å². The van der Waals surface area contributed by atoms with Crippen LogP contribution in [0.2, 0.25) is 0 Å². The minimum absolute atomic E-state index is 0.202. The molecule has 0 saturated carbocycles. The van der Waals surface area contributed by atoms with Gasteiger partial charge in [0.15, 0.2) is 17.3 Å². The van der Waals surface area contributed by atoms with Crippen LogP contribution in [0.15, 0.2) is 47.5 Å². The second kappa shape index (κ2) is 8.00. The average molecular weight is 408 g/mol. The second-order valence-electron chi connectivity index (χ2n) is 6.90. The molecule has 7 nitrogen and oxygen atoms in total. The van der Waals surface area contributed by atoms with Crippen molar-refractivity contribution in [1.82, 2.24) is 19.6 Å². The molecule has 0 radical (unpaired) electrons. The maximum absolute atomic E-state index is 12.7. The van der Waals surface area contributed by atoms with Gasteiger partial charge in [-0.05, 0) is 41.8 Å². The molecule has 29 heavy (non-hydrogen) atoms. The Balaban J connectivity index is 1.68. The first-order valence-corrected chi connectivity index (χ1v) is 9.99. The third kappa shape index (κ3) is 3.97. The van der Waals surface area contributed by atoms with Crippen LogP contribution in [0.3, 0.4) is 0 Å². The van der Waals surface area contributed by atoms with E-state index in [-0.39, 0.29) is 5.56 Å². The zero-order valence-electron chi connectivity index (χ0n) is 16.3. The van der Waals surface area contributed by atoms with Crippen molar-refractivity contribution in [1.29, 1.82) is 0 Å². The van der Waals surface area contributed by atoms with Crippen LogP contribution in [0.4, 0.5) is 0 Å². The van der Waals surface area contributed by atoms with Gasteiger partial charge in [0.05, 0.1) is 18.2 Å². The highest BCUT2D eigenvalue weighted by molar-refractivity contribution is 7.15. The third-order valence-electron chi connectivity index (χ3n) is 4.16. The largest absolute Gasteiger partial charge is 0.493 e. The van der Waals surface area contributed by atoms with Gasteiger partial charge in [-0.25, -0.2) is 0 Å². The molecule has 3 aromatic heterocycles. The molecule has 8 heteroatoms. The Morgan fingerprint density at radius 2 is 2.10 bits per heavy atom. The van der Waals surface area contributed by atoms with E-state index in [0.29, 0.717) is 39.3 Å². The number of pyridine rings is 1. The number of rotatable bonds is 6. The van der Waals surface area contributed by atoms with Gasteiger partial charge in [-0.3, -0.25) is 9.78 Å². The van der Waals surface area contributed by atoms with E-state index in [4.69, 9.17) is 9.47 Å². The lowest BCUT2D eigenvalue weighted by Gasteiger charge is -2.12.